The molecule has 0 unspecified atom stereocenters. The van der Waals surface area contributed by atoms with Gasteiger partial charge in [-0.2, -0.15) is 4.31 Å². The maximum absolute atomic E-state index is 13.2. The van der Waals surface area contributed by atoms with Gasteiger partial charge in [0.15, 0.2) is 0 Å². The molecule has 1 fully saturated rings. The normalized spacial score (nSPS) is 16.4. The van der Waals surface area contributed by atoms with E-state index in [4.69, 9.17) is 4.74 Å². The second-order valence-electron chi connectivity index (χ2n) is 5.26. The SMILES string of the molecule is COC(=O)c1sc2ccccc2c1S(=O)(=O)N1CCCNCC1.Cl. The van der Waals surface area contributed by atoms with Crippen LogP contribution < -0.4 is 5.32 Å². The largest absolute Gasteiger partial charge is 0.465 e. The van der Waals surface area contributed by atoms with Crippen molar-refractivity contribution in [2.75, 3.05) is 33.3 Å². The van der Waals surface area contributed by atoms with Crippen LogP contribution in [0.3, 0.4) is 0 Å². The molecule has 0 amide bonds. The van der Waals surface area contributed by atoms with Crippen molar-refractivity contribution in [2.45, 2.75) is 11.3 Å². The summed E-state index contributed by atoms with van der Waals surface area (Å²) < 4.78 is 33.3. The number of hydrogen-bond acceptors (Lipinski definition) is 6. The Labute approximate surface area is 151 Å². The van der Waals surface area contributed by atoms with E-state index >= 15 is 0 Å². The van der Waals surface area contributed by atoms with Gasteiger partial charge < -0.3 is 10.1 Å². The summed E-state index contributed by atoms with van der Waals surface area (Å²) in [6.07, 6.45) is 0.745. The van der Waals surface area contributed by atoms with E-state index in [0.717, 1.165) is 29.0 Å². The number of hydrogen-bond donors (Lipinski definition) is 1. The molecule has 2 aromatic rings. The molecule has 6 nitrogen and oxygen atoms in total. The number of carbonyl (C=O) groups is 1. The molecule has 3 rings (SSSR count). The average Bonchev–Trinajstić information content (AvgIpc) is 2.74. The van der Waals surface area contributed by atoms with Crippen molar-refractivity contribution in [3.05, 3.63) is 29.1 Å². The van der Waals surface area contributed by atoms with E-state index in [1.807, 2.05) is 12.1 Å². The number of fused-ring (bicyclic) bond motifs is 1. The first kappa shape index (κ1) is 19.1. The molecule has 1 N–H and O–H groups in total. The molecular formula is C15H19ClN2O4S2. The smallest absolute Gasteiger partial charge is 0.349 e. The highest BCUT2D eigenvalue weighted by Gasteiger charge is 2.33. The van der Waals surface area contributed by atoms with Gasteiger partial charge in [-0.15, -0.1) is 23.7 Å². The van der Waals surface area contributed by atoms with Crippen LogP contribution in [0.25, 0.3) is 10.1 Å². The van der Waals surface area contributed by atoms with E-state index in [1.165, 1.54) is 11.4 Å². The molecule has 1 aliphatic heterocycles. The standard InChI is InChI=1S/C15H18N2O4S2.ClH/c1-21-15(18)13-14(11-5-2-3-6-12(11)22-13)23(19,20)17-9-4-7-16-8-10-17;/h2-3,5-6,16H,4,7-10H2,1H3;1H. The Bertz CT molecular complexity index is 827. The molecule has 0 radical (unpaired) electrons. The topological polar surface area (TPSA) is 75.7 Å². The molecule has 1 saturated heterocycles. The van der Waals surface area contributed by atoms with Crippen LogP contribution in [0.15, 0.2) is 29.2 Å². The van der Waals surface area contributed by atoms with E-state index in [2.05, 4.69) is 5.32 Å². The van der Waals surface area contributed by atoms with Gasteiger partial charge in [0.25, 0.3) is 0 Å². The molecule has 0 aliphatic carbocycles. The summed E-state index contributed by atoms with van der Waals surface area (Å²) in [6, 6.07) is 7.15. The fourth-order valence-electron chi connectivity index (χ4n) is 2.70. The Balaban J connectivity index is 0.00000208. The average molecular weight is 391 g/mol. The molecule has 0 saturated carbocycles. The van der Waals surface area contributed by atoms with Crippen LogP contribution in [0.4, 0.5) is 0 Å². The second kappa shape index (κ2) is 7.79. The summed E-state index contributed by atoms with van der Waals surface area (Å²) in [5.74, 6) is -0.613. The first-order valence-electron chi connectivity index (χ1n) is 7.36. The molecule has 2 heterocycles. The van der Waals surface area contributed by atoms with Crippen molar-refractivity contribution in [3.8, 4) is 0 Å². The fourth-order valence-corrected chi connectivity index (χ4v) is 5.95. The molecule has 1 aromatic heterocycles. The lowest BCUT2D eigenvalue weighted by Gasteiger charge is -2.20. The van der Waals surface area contributed by atoms with Gasteiger partial charge in [0.05, 0.1) is 7.11 Å². The summed E-state index contributed by atoms with van der Waals surface area (Å²) in [6.45, 7) is 2.24. The lowest BCUT2D eigenvalue weighted by atomic mass is 10.2. The maximum atomic E-state index is 13.2. The number of esters is 1. The van der Waals surface area contributed by atoms with E-state index in [9.17, 15) is 13.2 Å². The number of rotatable bonds is 3. The Morgan fingerprint density at radius 2 is 2.00 bits per heavy atom. The van der Waals surface area contributed by atoms with Crippen LogP contribution in [0, 0.1) is 0 Å². The first-order valence-corrected chi connectivity index (χ1v) is 9.62. The first-order chi connectivity index (χ1) is 11.1. The predicted molar refractivity (Wildman–Crippen MR) is 96.7 cm³/mol. The zero-order valence-electron chi connectivity index (χ0n) is 13.1. The van der Waals surface area contributed by atoms with Crippen molar-refractivity contribution in [1.29, 1.82) is 0 Å². The van der Waals surface area contributed by atoms with Gasteiger partial charge in [-0.3, -0.25) is 0 Å². The predicted octanol–water partition coefficient (Wildman–Crippen LogP) is 2.09. The molecule has 1 aromatic carbocycles. The van der Waals surface area contributed by atoms with Crippen LogP contribution in [0.5, 0.6) is 0 Å². The van der Waals surface area contributed by atoms with Crippen LogP contribution in [-0.2, 0) is 14.8 Å². The molecular weight excluding hydrogens is 372 g/mol. The number of nitrogens with zero attached hydrogens (tertiary/aromatic N) is 1. The van der Waals surface area contributed by atoms with Gasteiger partial charge in [-0.1, -0.05) is 18.2 Å². The van der Waals surface area contributed by atoms with Gasteiger partial charge >= 0.3 is 5.97 Å². The van der Waals surface area contributed by atoms with Gasteiger partial charge in [0.2, 0.25) is 10.0 Å². The lowest BCUT2D eigenvalue weighted by molar-refractivity contribution is 0.0602. The van der Waals surface area contributed by atoms with Gasteiger partial charge in [0, 0.05) is 29.7 Å². The number of thiophene rings is 1. The second-order valence-corrected chi connectivity index (χ2v) is 8.18. The molecule has 24 heavy (non-hydrogen) atoms. The Kier molecular flexibility index (Phi) is 6.22. The third kappa shape index (κ3) is 3.43. The van der Waals surface area contributed by atoms with Gasteiger partial charge in [-0.05, 0) is 19.0 Å². The Morgan fingerprint density at radius 1 is 1.25 bits per heavy atom. The van der Waals surface area contributed by atoms with Gasteiger partial charge in [0.1, 0.15) is 9.77 Å². The monoisotopic (exact) mass is 390 g/mol. The number of carbonyl (C=O) groups excluding carboxylic acids is 1. The Morgan fingerprint density at radius 3 is 2.75 bits per heavy atom. The van der Waals surface area contributed by atoms with E-state index < -0.39 is 16.0 Å². The summed E-state index contributed by atoms with van der Waals surface area (Å²) in [7, 11) is -2.49. The van der Waals surface area contributed by atoms with Crippen LogP contribution in [0.1, 0.15) is 16.1 Å². The highest BCUT2D eigenvalue weighted by Crippen LogP contribution is 2.36. The van der Waals surface area contributed by atoms with Crippen molar-refractivity contribution >= 4 is 49.8 Å². The summed E-state index contributed by atoms with van der Waals surface area (Å²) in [5.41, 5.74) is 0. The third-order valence-electron chi connectivity index (χ3n) is 3.82. The number of benzene rings is 1. The minimum atomic E-state index is -3.75. The number of sulfonamides is 1. The summed E-state index contributed by atoms with van der Waals surface area (Å²) in [4.78, 5) is 12.3. The number of halogens is 1. The summed E-state index contributed by atoms with van der Waals surface area (Å²) in [5, 5.41) is 3.76. The molecule has 9 heteroatoms. The molecule has 0 bridgehead atoms. The van der Waals surface area contributed by atoms with Crippen LogP contribution in [-0.4, -0.2) is 52.0 Å². The van der Waals surface area contributed by atoms with Crippen molar-refractivity contribution in [2.24, 2.45) is 0 Å². The highest BCUT2D eigenvalue weighted by atomic mass is 35.5. The van der Waals surface area contributed by atoms with E-state index in [0.29, 0.717) is 25.0 Å². The van der Waals surface area contributed by atoms with E-state index in [-0.39, 0.29) is 22.2 Å². The van der Waals surface area contributed by atoms with Gasteiger partial charge in [-0.25, -0.2) is 13.2 Å². The van der Waals surface area contributed by atoms with Crippen LogP contribution >= 0.6 is 23.7 Å². The minimum absolute atomic E-state index is 0. The lowest BCUT2D eigenvalue weighted by Crippen LogP contribution is -2.34. The third-order valence-corrected chi connectivity index (χ3v) is 7.08. The fraction of sp³-hybridized carbons (Fsp3) is 0.400. The van der Waals surface area contributed by atoms with Crippen molar-refractivity contribution in [1.82, 2.24) is 9.62 Å². The van der Waals surface area contributed by atoms with E-state index in [1.54, 1.807) is 12.1 Å². The molecule has 0 atom stereocenters. The zero-order valence-corrected chi connectivity index (χ0v) is 15.6. The van der Waals surface area contributed by atoms with Crippen molar-refractivity contribution < 1.29 is 17.9 Å². The quantitative estimate of drug-likeness (QED) is 0.812. The molecule has 132 valence electrons. The maximum Gasteiger partial charge on any atom is 0.349 e. The van der Waals surface area contributed by atoms with Crippen LogP contribution in [0.2, 0.25) is 0 Å². The van der Waals surface area contributed by atoms with Crippen molar-refractivity contribution in [3.63, 3.8) is 0 Å². The Hall–Kier alpha value is -1.19. The zero-order chi connectivity index (χ0) is 16.4. The summed E-state index contributed by atoms with van der Waals surface area (Å²) >= 11 is 1.16. The minimum Gasteiger partial charge on any atom is -0.465 e. The molecule has 1 aliphatic rings. The number of nitrogens with one attached hydrogen (secondary N) is 1. The number of ether oxygens (including phenoxy) is 1. The number of methoxy groups -OCH3 is 1. The molecule has 0 spiro atoms. The highest BCUT2D eigenvalue weighted by molar-refractivity contribution is 7.89.